The third-order valence-electron chi connectivity index (χ3n) is 25.4. The van der Waals surface area contributed by atoms with E-state index < -0.39 is 42.6 Å². The van der Waals surface area contributed by atoms with E-state index in [1.807, 2.05) is 11.8 Å². The maximum Gasteiger partial charge on any atom is 0.210 e. The molecule has 0 amide bonds. The Hall–Kier alpha value is -10.0. The van der Waals surface area contributed by atoms with Gasteiger partial charge in [-0.2, -0.15) is 9.15 Å². The van der Waals surface area contributed by atoms with Gasteiger partial charge in [0.25, 0.3) is 0 Å². The zero-order chi connectivity index (χ0) is 81.1. The lowest BCUT2D eigenvalue weighted by Gasteiger charge is -2.27. The summed E-state index contributed by atoms with van der Waals surface area (Å²) in [6.45, 7) is 26.8. The monoisotopic (exact) mass is 1630 g/mol. The molecule has 9 N–H and O–H groups in total. The van der Waals surface area contributed by atoms with Gasteiger partial charge in [-0.3, -0.25) is 0 Å². The van der Waals surface area contributed by atoms with Crippen LogP contribution in [0.3, 0.4) is 0 Å². The Kier molecular flexibility index (Phi) is 24.3. The van der Waals surface area contributed by atoms with E-state index in [2.05, 4.69) is 336 Å². The van der Waals surface area contributed by atoms with E-state index in [-0.39, 0.29) is 36.0 Å². The summed E-state index contributed by atoms with van der Waals surface area (Å²) in [5.74, 6) is -0.135. The van der Waals surface area contributed by atoms with Gasteiger partial charge in [-0.15, -0.1) is 11.8 Å². The molecular weight excluding hydrogens is 1520 g/mol. The topological polar surface area (TPSA) is 212 Å². The van der Waals surface area contributed by atoms with Crippen LogP contribution in [0.4, 0.5) is 22.7 Å². The van der Waals surface area contributed by atoms with Crippen LogP contribution in [0, 0.1) is 0 Å². The van der Waals surface area contributed by atoms with Gasteiger partial charge in [0.15, 0.2) is 11.4 Å². The summed E-state index contributed by atoms with van der Waals surface area (Å²) in [7, 11) is -8.80. The highest BCUT2D eigenvalue weighted by Crippen LogP contribution is 2.56. The highest BCUT2D eigenvalue weighted by Gasteiger charge is 2.49. The summed E-state index contributed by atoms with van der Waals surface area (Å²) in [5, 5.41) is 13.9. The molecule has 0 atom stereocenters. The Labute approximate surface area is 703 Å². The first-order valence-corrected chi connectivity index (χ1v) is 46.0. The molecule has 0 radical (unpaired) electrons. The Morgan fingerprint density at radius 2 is 0.771 bits per heavy atom. The van der Waals surface area contributed by atoms with E-state index >= 15 is 0 Å². The zero-order valence-electron chi connectivity index (χ0n) is 70.8. The largest absolute Gasteiger partial charge is 0.748 e. The lowest BCUT2D eigenvalue weighted by Crippen LogP contribution is -2.28. The van der Waals surface area contributed by atoms with Crippen molar-refractivity contribution in [3.63, 3.8) is 0 Å². The third-order valence-corrected chi connectivity index (χ3v) is 28.1. The Balaban J connectivity index is 0.00000572. The molecule has 0 bridgehead atoms. The average Bonchev–Trinajstić information content (AvgIpc) is 1.58. The number of nitrogens with zero attached hydrogens (tertiary/aromatic N) is 4. The fourth-order valence-electron chi connectivity index (χ4n) is 20.0. The van der Waals surface area contributed by atoms with Crippen molar-refractivity contribution in [2.24, 2.45) is 0 Å². The molecular formula is C102H115N7O6S3+2. The van der Waals surface area contributed by atoms with Gasteiger partial charge >= 0.3 is 0 Å². The first-order valence-electron chi connectivity index (χ1n) is 41.9. The van der Waals surface area contributed by atoms with Gasteiger partial charge in [-0.25, -0.2) is 16.8 Å². The molecule has 6 aliphatic rings. The van der Waals surface area contributed by atoms with Crippen molar-refractivity contribution in [2.75, 3.05) is 59.8 Å². The van der Waals surface area contributed by atoms with Crippen LogP contribution in [0.25, 0.3) is 65.4 Å². The van der Waals surface area contributed by atoms with Crippen molar-refractivity contribution >= 4 is 132 Å². The van der Waals surface area contributed by atoms with Crippen molar-refractivity contribution in [2.45, 2.75) is 155 Å². The molecule has 10 aromatic rings. The van der Waals surface area contributed by atoms with Crippen LogP contribution in [0.1, 0.15) is 178 Å². The van der Waals surface area contributed by atoms with Gasteiger partial charge in [-0.1, -0.05) is 224 Å². The van der Waals surface area contributed by atoms with Crippen LogP contribution in [0.2, 0.25) is 0 Å². The van der Waals surface area contributed by atoms with Crippen LogP contribution in [-0.2, 0) is 41.9 Å². The highest BCUT2D eigenvalue weighted by molar-refractivity contribution is 8.03. The molecule has 16 rings (SSSR count). The normalized spacial score (nSPS) is 18.2. The predicted octanol–water partition coefficient (Wildman–Crippen LogP) is 24.0. The molecule has 16 heteroatoms. The molecule has 10 aromatic carbocycles. The van der Waals surface area contributed by atoms with Gasteiger partial charge in [0, 0.05) is 140 Å². The molecule has 0 saturated heterocycles. The molecule has 4 heterocycles. The molecule has 2 aliphatic carbocycles. The minimum atomic E-state index is -4.40. The second-order valence-electron chi connectivity index (χ2n) is 34.3. The Morgan fingerprint density at radius 1 is 0.398 bits per heavy atom. The van der Waals surface area contributed by atoms with E-state index in [4.69, 9.17) is 0 Å². The molecule has 118 heavy (non-hydrogen) atoms. The molecule has 610 valence electrons. The SMILES string of the molecule is CCCCC[N+]1=C(/C=C/C2=C(NCCS/C3=C(\C=C\C4=[N+](CCCCC)c5ccc6ccccc6c5C4(C)C)c4ccccc4\C3=C/C=C3/N(CCCCS(=O)(=O)[O-])c4ccc5ccccc5c4C3(C)C)/C(=C/C=C3/N(CCCCS(=O)(=O)[O-])c4ccc5ccccc5c4C3(C)C)c3ccccc32)C(C)(C)c2c1ccc1ccccc21.[NH4+].[NH4+]. The number of fused-ring (bicyclic) bond motifs is 14. The van der Waals surface area contributed by atoms with Gasteiger partial charge < -0.3 is 36.5 Å². The van der Waals surface area contributed by atoms with Crippen molar-refractivity contribution in [1.29, 1.82) is 0 Å². The molecule has 0 fully saturated rings. The van der Waals surface area contributed by atoms with E-state index in [1.54, 1.807) is 0 Å². The van der Waals surface area contributed by atoms with Crippen LogP contribution in [-0.4, -0.2) is 96.5 Å². The second kappa shape index (κ2) is 34.0. The van der Waals surface area contributed by atoms with Gasteiger partial charge in [0.05, 0.1) is 31.1 Å². The summed E-state index contributed by atoms with van der Waals surface area (Å²) in [6.07, 6.45) is 27.2. The van der Waals surface area contributed by atoms with Crippen molar-refractivity contribution in [1.82, 2.24) is 17.6 Å². The van der Waals surface area contributed by atoms with Crippen LogP contribution in [0.15, 0.2) is 265 Å². The second-order valence-corrected chi connectivity index (χ2v) is 38.4. The van der Waals surface area contributed by atoms with E-state index in [0.717, 1.165) is 135 Å². The number of thioether (sulfide) groups is 1. The summed E-state index contributed by atoms with van der Waals surface area (Å²) < 4.78 is 77.7. The van der Waals surface area contributed by atoms with Crippen molar-refractivity contribution < 1.29 is 35.1 Å². The molecule has 0 saturated carbocycles. The molecule has 0 spiro atoms. The fourth-order valence-corrected chi connectivity index (χ4v) is 22.1. The number of quaternary nitrogens is 2. The predicted molar refractivity (Wildman–Crippen MR) is 498 cm³/mol. The number of rotatable bonds is 29. The molecule has 0 unspecified atom stereocenters. The Bertz CT molecular complexity index is 5850. The van der Waals surface area contributed by atoms with Crippen LogP contribution >= 0.6 is 11.8 Å². The first kappa shape index (κ1) is 84.4. The number of nitrogens with one attached hydrogen (secondary N) is 1. The number of allylic oxidation sites excluding steroid dienone is 14. The van der Waals surface area contributed by atoms with Crippen molar-refractivity contribution in [3.05, 3.63) is 309 Å². The number of hydrogen-bond acceptors (Lipinski definition) is 10. The maximum atomic E-state index is 12.1. The summed E-state index contributed by atoms with van der Waals surface area (Å²) in [4.78, 5) is 5.92. The lowest BCUT2D eigenvalue weighted by atomic mass is 9.79. The van der Waals surface area contributed by atoms with Gasteiger partial charge in [0.2, 0.25) is 11.4 Å². The lowest BCUT2D eigenvalue weighted by molar-refractivity contribution is -0.438. The summed E-state index contributed by atoms with van der Waals surface area (Å²) >= 11 is 1.88. The number of unbranched alkanes of at least 4 members (excludes halogenated alkanes) is 6. The quantitative estimate of drug-likeness (QED) is 0.0229. The summed E-state index contributed by atoms with van der Waals surface area (Å²) in [6, 6.07) is 70.6. The molecule has 0 aromatic heterocycles. The van der Waals surface area contributed by atoms with Crippen molar-refractivity contribution in [3.8, 4) is 0 Å². The molecule has 13 nitrogen and oxygen atoms in total. The minimum absolute atomic E-state index is 0. The standard InChI is InChI=1S/C102H107N5O6S3.2H3N/c1-11-13-27-62-104-85-53-45-69-33-15-19-37-73(69)93(85)99(3,4)89(104)57-49-81-77-41-23-24-42-78(77)82(50-58-90-100(5,6)95-75-39-21-17-35-71(75)47-55-87(95)106(90)64-29-31-67-115(108,109)110)97(81)103-61-66-114-98-83(51-59-91-101(7,8)94-74-38-20-16-34-70(74)46-54-86(94)105(91)63-28-14-12-2)79-43-25-26-44-80(79)84(98)52-60-92-102(9,10)96-76-40-22-18-36-72(76)48-56-88(96)107(92)65-30-32-68-116(111,112)113;;/h15-26,33-60H,11-14,27-32,61-68H2,1-10H3,(H-,108,109,110,111,112,113);2*1H3/p+2/b82-50+,90-58+;;. The van der Waals surface area contributed by atoms with E-state index in [0.29, 0.717) is 38.2 Å². The smallest absolute Gasteiger partial charge is 0.210 e. The Morgan fingerprint density at radius 3 is 1.20 bits per heavy atom. The number of anilines is 2. The van der Waals surface area contributed by atoms with Gasteiger partial charge in [0.1, 0.15) is 13.1 Å². The zero-order valence-corrected chi connectivity index (χ0v) is 73.2. The van der Waals surface area contributed by atoms with Crippen LogP contribution in [0.5, 0.6) is 0 Å². The van der Waals surface area contributed by atoms with E-state index in [9.17, 15) is 25.9 Å². The fraction of sp³-hybridized carbons (Fsp3) is 0.314. The minimum Gasteiger partial charge on any atom is -0.748 e. The first-order chi connectivity index (χ1) is 55.8. The summed E-state index contributed by atoms with van der Waals surface area (Å²) in [5.41, 5.74) is 23.0. The number of hydrogen-bond donors (Lipinski definition) is 3. The maximum absolute atomic E-state index is 12.1. The highest BCUT2D eigenvalue weighted by atomic mass is 32.2. The average molecular weight is 1630 g/mol. The molecule has 4 aliphatic heterocycles. The number of benzene rings is 10. The van der Waals surface area contributed by atoms with E-state index in [1.165, 1.54) is 82.3 Å². The van der Waals surface area contributed by atoms with Crippen LogP contribution < -0.4 is 27.4 Å². The third kappa shape index (κ3) is 15.7. The van der Waals surface area contributed by atoms with Gasteiger partial charge in [-0.05, 0) is 202 Å².